The number of ether oxygens (including phenoxy) is 1. The summed E-state index contributed by atoms with van der Waals surface area (Å²) in [6.45, 7) is 7.43. The number of hydrogen-bond donors (Lipinski definition) is 2. The van der Waals surface area contributed by atoms with Crippen LogP contribution in [0.15, 0.2) is 24.3 Å². The van der Waals surface area contributed by atoms with Crippen LogP contribution in [0.4, 0.5) is 0 Å². The Morgan fingerprint density at radius 3 is 2.43 bits per heavy atom. The zero-order valence-corrected chi connectivity index (χ0v) is 13.3. The molecule has 1 atom stereocenters. The van der Waals surface area contributed by atoms with Gasteiger partial charge in [-0.25, -0.2) is 0 Å². The Bertz CT molecular complexity index is 367. The number of aliphatic hydroxyl groups excluding tert-OH is 2. The summed E-state index contributed by atoms with van der Waals surface area (Å²) in [5, 5.41) is 19.2. The van der Waals surface area contributed by atoms with E-state index >= 15 is 0 Å². The molecule has 0 bridgehead atoms. The standard InChI is InChI=1S/C17H29NO3/c1-3-5-14-21-16-8-6-15(7-9-16)17(20)10-11-18(4-2)12-13-19/h6-9,17,19-20H,3-5,10-14H2,1-2H3. The van der Waals surface area contributed by atoms with Gasteiger partial charge in [0.2, 0.25) is 0 Å². The minimum atomic E-state index is -0.470. The maximum Gasteiger partial charge on any atom is 0.119 e. The van der Waals surface area contributed by atoms with E-state index < -0.39 is 6.10 Å². The molecule has 0 aromatic heterocycles. The summed E-state index contributed by atoms with van der Waals surface area (Å²) < 4.78 is 5.61. The van der Waals surface area contributed by atoms with Crippen LogP contribution in [0.5, 0.6) is 5.75 Å². The normalized spacial score (nSPS) is 12.6. The lowest BCUT2D eigenvalue weighted by Gasteiger charge is -2.21. The van der Waals surface area contributed by atoms with Crippen molar-refractivity contribution in [1.29, 1.82) is 0 Å². The van der Waals surface area contributed by atoms with Crippen LogP contribution in [-0.2, 0) is 0 Å². The van der Waals surface area contributed by atoms with E-state index in [0.29, 0.717) is 13.0 Å². The molecule has 0 fully saturated rings. The Morgan fingerprint density at radius 1 is 1.14 bits per heavy atom. The molecule has 1 aromatic carbocycles. The van der Waals surface area contributed by atoms with Crippen molar-refractivity contribution >= 4 is 0 Å². The molecule has 1 unspecified atom stereocenters. The summed E-state index contributed by atoms with van der Waals surface area (Å²) in [4.78, 5) is 2.13. The molecular weight excluding hydrogens is 266 g/mol. The molecule has 1 rings (SSSR count). The lowest BCUT2D eigenvalue weighted by molar-refractivity contribution is 0.133. The van der Waals surface area contributed by atoms with Crippen molar-refractivity contribution in [2.24, 2.45) is 0 Å². The monoisotopic (exact) mass is 295 g/mol. The fourth-order valence-corrected chi connectivity index (χ4v) is 2.16. The molecule has 0 saturated carbocycles. The van der Waals surface area contributed by atoms with Crippen molar-refractivity contribution in [3.63, 3.8) is 0 Å². The Balaban J connectivity index is 2.41. The summed E-state index contributed by atoms with van der Waals surface area (Å²) in [6, 6.07) is 7.68. The molecule has 2 N–H and O–H groups in total. The van der Waals surface area contributed by atoms with E-state index in [0.717, 1.165) is 43.9 Å². The van der Waals surface area contributed by atoms with Gasteiger partial charge in [0.1, 0.15) is 5.75 Å². The van der Waals surface area contributed by atoms with Gasteiger partial charge in [-0.2, -0.15) is 0 Å². The molecule has 0 aliphatic carbocycles. The van der Waals surface area contributed by atoms with E-state index in [1.807, 2.05) is 24.3 Å². The summed E-state index contributed by atoms with van der Waals surface area (Å²) in [5.74, 6) is 0.856. The van der Waals surface area contributed by atoms with Gasteiger partial charge in [0, 0.05) is 13.1 Å². The van der Waals surface area contributed by atoms with Gasteiger partial charge in [-0.1, -0.05) is 32.4 Å². The van der Waals surface area contributed by atoms with Crippen LogP contribution in [0, 0.1) is 0 Å². The predicted octanol–water partition coefficient (Wildman–Crippen LogP) is 2.60. The fraction of sp³-hybridized carbons (Fsp3) is 0.647. The third-order valence-electron chi connectivity index (χ3n) is 3.61. The van der Waals surface area contributed by atoms with Crippen LogP contribution in [0.3, 0.4) is 0 Å². The van der Waals surface area contributed by atoms with Crippen molar-refractivity contribution in [2.45, 2.75) is 39.2 Å². The molecule has 4 heteroatoms. The molecule has 0 spiro atoms. The largest absolute Gasteiger partial charge is 0.494 e. The highest BCUT2D eigenvalue weighted by molar-refractivity contribution is 5.28. The second-order valence-electron chi connectivity index (χ2n) is 5.23. The Kier molecular flexibility index (Phi) is 9.06. The lowest BCUT2D eigenvalue weighted by Crippen LogP contribution is -2.28. The van der Waals surface area contributed by atoms with Crippen molar-refractivity contribution in [2.75, 3.05) is 32.8 Å². The molecule has 0 amide bonds. The Labute approximate surface area is 128 Å². The second kappa shape index (κ2) is 10.6. The van der Waals surface area contributed by atoms with Crippen LogP contribution < -0.4 is 4.74 Å². The minimum absolute atomic E-state index is 0.160. The molecule has 4 nitrogen and oxygen atoms in total. The molecule has 0 aliphatic heterocycles. The van der Waals surface area contributed by atoms with E-state index in [9.17, 15) is 5.11 Å². The lowest BCUT2D eigenvalue weighted by atomic mass is 10.1. The van der Waals surface area contributed by atoms with Gasteiger partial charge in [0.05, 0.1) is 19.3 Å². The van der Waals surface area contributed by atoms with Crippen molar-refractivity contribution < 1.29 is 14.9 Å². The van der Waals surface area contributed by atoms with Crippen LogP contribution >= 0.6 is 0 Å². The van der Waals surface area contributed by atoms with Crippen LogP contribution in [0.1, 0.15) is 44.8 Å². The minimum Gasteiger partial charge on any atom is -0.494 e. The number of nitrogens with zero attached hydrogens (tertiary/aromatic N) is 1. The number of likely N-dealkylation sites (N-methyl/N-ethyl adjacent to an activating group) is 1. The van der Waals surface area contributed by atoms with E-state index in [2.05, 4.69) is 18.7 Å². The first-order chi connectivity index (χ1) is 10.2. The number of benzene rings is 1. The van der Waals surface area contributed by atoms with Gasteiger partial charge in [0.15, 0.2) is 0 Å². The predicted molar refractivity (Wildman–Crippen MR) is 85.6 cm³/mol. The average molecular weight is 295 g/mol. The van der Waals surface area contributed by atoms with Gasteiger partial charge in [0.25, 0.3) is 0 Å². The zero-order valence-electron chi connectivity index (χ0n) is 13.3. The van der Waals surface area contributed by atoms with E-state index in [4.69, 9.17) is 9.84 Å². The highest BCUT2D eigenvalue weighted by Gasteiger charge is 2.10. The Hall–Kier alpha value is -1.10. The van der Waals surface area contributed by atoms with Crippen LogP contribution in [0.25, 0.3) is 0 Å². The average Bonchev–Trinajstić information content (AvgIpc) is 2.52. The molecule has 120 valence electrons. The SMILES string of the molecule is CCCCOc1ccc(C(O)CCN(CC)CCO)cc1. The molecule has 1 aromatic rings. The first-order valence-electron chi connectivity index (χ1n) is 7.95. The summed E-state index contributed by atoms with van der Waals surface area (Å²) in [6.07, 6.45) is 2.38. The number of unbranched alkanes of at least 4 members (excludes halogenated alkanes) is 1. The van der Waals surface area contributed by atoms with Crippen LogP contribution in [0.2, 0.25) is 0 Å². The third-order valence-corrected chi connectivity index (χ3v) is 3.61. The maximum atomic E-state index is 10.2. The van der Waals surface area contributed by atoms with Crippen LogP contribution in [-0.4, -0.2) is 48.0 Å². The van der Waals surface area contributed by atoms with E-state index in [-0.39, 0.29) is 6.61 Å². The second-order valence-corrected chi connectivity index (χ2v) is 5.23. The van der Waals surface area contributed by atoms with Gasteiger partial charge >= 0.3 is 0 Å². The smallest absolute Gasteiger partial charge is 0.119 e. The topological polar surface area (TPSA) is 52.9 Å². The highest BCUT2D eigenvalue weighted by atomic mass is 16.5. The van der Waals surface area contributed by atoms with Gasteiger partial charge in [-0.3, -0.25) is 0 Å². The first-order valence-corrected chi connectivity index (χ1v) is 7.95. The number of rotatable bonds is 11. The Morgan fingerprint density at radius 2 is 1.86 bits per heavy atom. The number of aliphatic hydroxyl groups is 2. The first kappa shape index (κ1) is 18.0. The highest BCUT2D eigenvalue weighted by Crippen LogP contribution is 2.20. The van der Waals surface area contributed by atoms with Gasteiger partial charge in [-0.15, -0.1) is 0 Å². The van der Waals surface area contributed by atoms with Crippen molar-refractivity contribution in [1.82, 2.24) is 4.90 Å². The molecule has 0 radical (unpaired) electrons. The van der Waals surface area contributed by atoms with E-state index in [1.54, 1.807) is 0 Å². The third kappa shape index (κ3) is 6.93. The number of hydrogen-bond acceptors (Lipinski definition) is 4. The van der Waals surface area contributed by atoms with Gasteiger partial charge in [-0.05, 0) is 37.1 Å². The molecule has 0 heterocycles. The summed E-state index contributed by atoms with van der Waals surface area (Å²) in [7, 11) is 0. The summed E-state index contributed by atoms with van der Waals surface area (Å²) in [5.41, 5.74) is 0.915. The van der Waals surface area contributed by atoms with Gasteiger partial charge < -0.3 is 19.8 Å². The zero-order chi connectivity index (χ0) is 15.5. The molecule has 0 saturated heterocycles. The molecule has 0 aliphatic rings. The van der Waals surface area contributed by atoms with Crippen molar-refractivity contribution in [3.05, 3.63) is 29.8 Å². The van der Waals surface area contributed by atoms with E-state index in [1.165, 1.54) is 0 Å². The molecular formula is C17H29NO3. The quantitative estimate of drug-likeness (QED) is 0.616. The fourth-order valence-electron chi connectivity index (χ4n) is 2.16. The summed E-state index contributed by atoms with van der Waals surface area (Å²) >= 11 is 0. The molecule has 21 heavy (non-hydrogen) atoms. The maximum absolute atomic E-state index is 10.2. The van der Waals surface area contributed by atoms with Crippen molar-refractivity contribution in [3.8, 4) is 5.75 Å².